The van der Waals surface area contributed by atoms with Crippen LogP contribution < -0.4 is 0 Å². The van der Waals surface area contributed by atoms with Gasteiger partial charge in [-0.25, -0.2) is 17.1 Å². The van der Waals surface area contributed by atoms with Crippen LogP contribution >= 0.6 is 23.2 Å². The second-order valence-electron chi connectivity index (χ2n) is 4.95. The molecule has 1 aliphatic carbocycles. The maximum atomic E-state index is 13.6. The zero-order valence-electron chi connectivity index (χ0n) is 10.7. The Hall–Kier alpha value is -0.400. The molecule has 0 amide bonds. The lowest BCUT2D eigenvalue weighted by Crippen LogP contribution is -2.39. The van der Waals surface area contributed by atoms with E-state index in [1.807, 2.05) is 0 Å². The number of halogens is 3. The van der Waals surface area contributed by atoms with Gasteiger partial charge in [-0.1, -0.05) is 23.2 Å². The predicted molar refractivity (Wildman–Crippen MR) is 75.0 cm³/mol. The van der Waals surface area contributed by atoms with Crippen LogP contribution in [0, 0.1) is 11.7 Å². The van der Waals surface area contributed by atoms with Gasteiger partial charge in [0.05, 0.1) is 16.1 Å². The third-order valence-electron chi connectivity index (χ3n) is 3.41. The first-order chi connectivity index (χ1) is 9.23. The van der Waals surface area contributed by atoms with Crippen LogP contribution in [0.25, 0.3) is 0 Å². The van der Waals surface area contributed by atoms with Gasteiger partial charge >= 0.3 is 0 Å². The van der Waals surface area contributed by atoms with E-state index in [4.69, 9.17) is 23.2 Å². The summed E-state index contributed by atoms with van der Waals surface area (Å²) in [6.07, 6.45) is 0.790. The molecule has 1 aromatic carbocycles. The average Bonchev–Trinajstić information content (AvgIpc) is 2.33. The summed E-state index contributed by atoms with van der Waals surface area (Å²) < 4.78 is 39.4. The largest absolute Gasteiger partial charge is 0.393 e. The summed E-state index contributed by atoms with van der Waals surface area (Å²) in [5.74, 6) is -0.831. The first kappa shape index (κ1) is 16.0. The maximum absolute atomic E-state index is 13.6. The Kier molecular flexibility index (Phi) is 4.61. The predicted octanol–water partition coefficient (Wildman–Crippen LogP) is 2.52. The van der Waals surface area contributed by atoms with E-state index in [0.717, 1.165) is 10.4 Å². The Labute approximate surface area is 127 Å². The molecule has 2 rings (SSSR count). The molecule has 1 fully saturated rings. The molecule has 0 bridgehead atoms. The summed E-state index contributed by atoms with van der Waals surface area (Å²) in [6, 6.07) is 2.35. The van der Waals surface area contributed by atoms with Crippen LogP contribution in [0.15, 0.2) is 17.0 Å². The van der Waals surface area contributed by atoms with Gasteiger partial charge in [0.15, 0.2) is 5.82 Å². The molecule has 1 aromatic rings. The van der Waals surface area contributed by atoms with Crippen LogP contribution in [-0.2, 0) is 10.0 Å². The highest BCUT2D eigenvalue weighted by atomic mass is 35.5. The molecule has 0 aromatic heterocycles. The van der Waals surface area contributed by atoms with Gasteiger partial charge in [-0.15, -0.1) is 0 Å². The number of nitrogens with zero attached hydrogens (tertiary/aromatic N) is 1. The second-order valence-corrected chi connectivity index (χ2v) is 7.75. The molecule has 20 heavy (non-hydrogen) atoms. The van der Waals surface area contributed by atoms with Crippen LogP contribution in [-0.4, -0.2) is 37.5 Å². The lowest BCUT2D eigenvalue weighted by Gasteiger charge is -2.34. The molecule has 112 valence electrons. The maximum Gasteiger partial charge on any atom is 0.244 e. The fourth-order valence-corrected chi connectivity index (χ4v) is 4.15. The van der Waals surface area contributed by atoms with Crippen molar-refractivity contribution in [1.82, 2.24) is 4.31 Å². The molecule has 0 atom stereocenters. The first-order valence-corrected chi connectivity index (χ1v) is 8.21. The molecule has 8 heteroatoms. The molecule has 0 radical (unpaired) electrons. The molecular formula is C12H14Cl2FNO3S. The Morgan fingerprint density at radius 1 is 1.40 bits per heavy atom. The van der Waals surface area contributed by atoms with Gasteiger partial charge in [0.2, 0.25) is 10.0 Å². The van der Waals surface area contributed by atoms with Gasteiger partial charge in [0, 0.05) is 13.6 Å². The number of hydrogen-bond donors (Lipinski definition) is 1. The molecule has 0 saturated heterocycles. The molecule has 1 N–H and O–H groups in total. The molecule has 1 aliphatic rings. The van der Waals surface area contributed by atoms with E-state index in [2.05, 4.69) is 0 Å². The molecular weight excluding hydrogens is 328 g/mol. The lowest BCUT2D eigenvalue weighted by atomic mass is 9.82. The Balaban J connectivity index is 2.24. The van der Waals surface area contributed by atoms with Crippen LogP contribution in [0.2, 0.25) is 10.0 Å². The lowest BCUT2D eigenvalue weighted by molar-refractivity contribution is 0.0367. The van der Waals surface area contributed by atoms with Crippen LogP contribution in [0.4, 0.5) is 4.39 Å². The quantitative estimate of drug-likeness (QED) is 0.856. The summed E-state index contributed by atoms with van der Waals surface area (Å²) >= 11 is 11.3. The first-order valence-electron chi connectivity index (χ1n) is 6.01. The van der Waals surface area contributed by atoms with E-state index in [1.165, 1.54) is 13.1 Å². The smallest absolute Gasteiger partial charge is 0.244 e. The number of aliphatic hydroxyl groups is 1. The van der Waals surface area contributed by atoms with Crippen molar-refractivity contribution >= 4 is 33.2 Å². The minimum absolute atomic E-state index is 0.112. The highest BCUT2D eigenvalue weighted by Gasteiger charge is 2.33. The van der Waals surface area contributed by atoms with Gasteiger partial charge in [-0.05, 0) is 30.9 Å². The van der Waals surface area contributed by atoms with Crippen molar-refractivity contribution < 1.29 is 17.9 Å². The normalized spacial score (nSPS) is 22.9. The van der Waals surface area contributed by atoms with E-state index >= 15 is 0 Å². The third kappa shape index (κ3) is 2.94. The van der Waals surface area contributed by atoms with E-state index in [9.17, 15) is 17.9 Å². The molecule has 1 saturated carbocycles. The topological polar surface area (TPSA) is 57.6 Å². The van der Waals surface area contributed by atoms with Crippen LogP contribution in [0.3, 0.4) is 0 Å². The zero-order chi connectivity index (χ0) is 15.1. The van der Waals surface area contributed by atoms with Crippen molar-refractivity contribution in [2.24, 2.45) is 5.92 Å². The van der Waals surface area contributed by atoms with Gasteiger partial charge in [0.1, 0.15) is 4.90 Å². The average molecular weight is 342 g/mol. The van der Waals surface area contributed by atoms with E-state index in [0.29, 0.717) is 12.8 Å². The van der Waals surface area contributed by atoms with Crippen LogP contribution in [0.5, 0.6) is 0 Å². The van der Waals surface area contributed by atoms with Gasteiger partial charge < -0.3 is 5.11 Å². The molecule has 4 nitrogen and oxygen atoms in total. The van der Waals surface area contributed by atoms with Gasteiger partial charge in [-0.2, -0.15) is 0 Å². The summed E-state index contributed by atoms with van der Waals surface area (Å²) in [6.45, 7) is 0.264. The number of aliphatic hydroxyl groups excluding tert-OH is 1. The standard InChI is InChI=1S/C12H14Cl2FNO3S/c1-16(6-7-4-8(17)5-7)20(18,19)10-3-2-9(13)12(15)11(10)14/h2-3,7-8,17H,4-6H2,1H3. The van der Waals surface area contributed by atoms with Gasteiger partial charge in [-0.3, -0.25) is 0 Å². The number of rotatable bonds is 4. The highest BCUT2D eigenvalue weighted by Crippen LogP contribution is 2.33. The third-order valence-corrected chi connectivity index (χ3v) is 6.05. The fraction of sp³-hybridized carbons (Fsp3) is 0.500. The van der Waals surface area contributed by atoms with Crippen molar-refractivity contribution in [3.05, 3.63) is 28.0 Å². The molecule has 0 unspecified atom stereocenters. The van der Waals surface area contributed by atoms with Crippen molar-refractivity contribution in [2.45, 2.75) is 23.8 Å². The minimum atomic E-state index is -3.88. The fourth-order valence-electron chi connectivity index (χ4n) is 2.19. The highest BCUT2D eigenvalue weighted by molar-refractivity contribution is 7.89. The minimum Gasteiger partial charge on any atom is -0.393 e. The monoisotopic (exact) mass is 341 g/mol. The second kappa shape index (κ2) is 5.77. The number of sulfonamides is 1. The molecule has 0 aliphatic heterocycles. The number of hydrogen-bond acceptors (Lipinski definition) is 3. The van der Waals surface area contributed by atoms with Crippen molar-refractivity contribution in [2.75, 3.05) is 13.6 Å². The van der Waals surface area contributed by atoms with E-state index < -0.39 is 20.9 Å². The van der Waals surface area contributed by atoms with Crippen molar-refractivity contribution in [1.29, 1.82) is 0 Å². The Morgan fingerprint density at radius 3 is 2.55 bits per heavy atom. The van der Waals surface area contributed by atoms with Crippen LogP contribution in [0.1, 0.15) is 12.8 Å². The van der Waals surface area contributed by atoms with Gasteiger partial charge in [0.25, 0.3) is 0 Å². The summed E-state index contributed by atoms with van der Waals surface area (Å²) in [7, 11) is -2.47. The Morgan fingerprint density at radius 2 is 2.00 bits per heavy atom. The summed E-state index contributed by atoms with van der Waals surface area (Å²) in [4.78, 5) is -0.302. The number of benzene rings is 1. The Bertz CT molecular complexity index is 617. The molecule has 0 heterocycles. The van der Waals surface area contributed by atoms with E-state index in [1.54, 1.807) is 0 Å². The van der Waals surface area contributed by atoms with Crippen molar-refractivity contribution in [3.63, 3.8) is 0 Å². The van der Waals surface area contributed by atoms with Crippen molar-refractivity contribution in [3.8, 4) is 0 Å². The summed E-state index contributed by atoms with van der Waals surface area (Å²) in [5, 5.41) is 8.48. The zero-order valence-corrected chi connectivity index (χ0v) is 13.0. The molecule has 0 spiro atoms. The van der Waals surface area contributed by atoms with E-state index in [-0.39, 0.29) is 28.5 Å². The summed E-state index contributed by atoms with van der Waals surface area (Å²) in [5.41, 5.74) is 0. The SMILES string of the molecule is CN(CC1CC(O)C1)S(=O)(=O)c1ccc(Cl)c(F)c1Cl.